The minimum absolute atomic E-state index is 0.0115. The number of rotatable bonds is 14. The summed E-state index contributed by atoms with van der Waals surface area (Å²) in [5.41, 5.74) is -1.62. The first kappa shape index (κ1) is 31.3. The number of carbonyl (C=O) groups excluding carboxylic acids is 4. The van der Waals surface area contributed by atoms with Crippen molar-refractivity contribution >= 4 is 23.5 Å². The fourth-order valence-electron chi connectivity index (χ4n) is 5.06. The van der Waals surface area contributed by atoms with Crippen LogP contribution in [0.2, 0.25) is 0 Å². The van der Waals surface area contributed by atoms with Crippen molar-refractivity contribution in [2.75, 3.05) is 13.7 Å². The minimum Gasteiger partial charge on any atom is -0.504 e. The largest absolute Gasteiger partial charge is 0.504 e. The van der Waals surface area contributed by atoms with Crippen molar-refractivity contribution in [2.24, 2.45) is 5.92 Å². The molecule has 0 spiro atoms. The van der Waals surface area contributed by atoms with Gasteiger partial charge in [-0.1, -0.05) is 31.7 Å². The molecule has 0 radical (unpaired) electrons. The number of ether oxygens (including phenoxy) is 2. The molecule has 222 valence electrons. The summed E-state index contributed by atoms with van der Waals surface area (Å²) in [6.45, 7) is 6.46. The van der Waals surface area contributed by atoms with Crippen LogP contribution in [0, 0.1) is 5.92 Å². The van der Waals surface area contributed by atoms with E-state index in [1.165, 1.54) is 33.9 Å². The van der Waals surface area contributed by atoms with Gasteiger partial charge in [-0.15, -0.1) is 0 Å². The molecule has 40 heavy (non-hydrogen) atoms. The Morgan fingerprint density at radius 2 is 1.73 bits per heavy atom. The van der Waals surface area contributed by atoms with E-state index in [1.54, 1.807) is 19.1 Å². The first-order valence-electron chi connectivity index (χ1n) is 13.9. The Kier molecular flexibility index (Phi) is 10.2. The Morgan fingerprint density at radius 3 is 2.27 bits per heavy atom. The number of phenolic OH excluding ortho intramolecular Hbond substituents is 1. The van der Waals surface area contributed by atoms with Crippen LogP contribution in [0.5, 0.6) is 11.5 Å². The number of benzene rings is 1. The van der Waals surface area contributed by atoms with Crippen molar-refractivity contribution in [3.63, 3.8) is 0 Å². The molecular formula is C29H43N3O8. The second-order valence-corrected chi connectivity index (χ2v) is 11.9. The summed E-state index contributed by atoms with van der Waals surface area (Å²) in [4.78, 5) is 52.2. The summed E-state index contributed by atoms with van der Waals surface area (Å²) >= 11 is 0. The minimum atomic E-state index is -1.25. The summed E-state index contributed by atoms with van der Waals surface area (Å²) in [7, 11) is 1.42. The summed E-state index contributed by atoms with van der Waals surface area (Å²) in [6, 6.07) is 1.79. The van der Waals surface area contributed by atoms with E-state index in [0.717, 1.165) is 25.7 Å². The highest BCUT2D eigenvalue weighted by molar-refractivity contribution is 5.98. The van der Waals surface area contributed by atoms with Gasteiger partial charge in [0.05, 0.1) is 31.8 Å². The lowest BCUT2D eigenvalue weighted by molar-refractivity contribution is -0.134. The van der Waals surface area contributed by atoms with Gasteiger partial charge in [0, 0.05) is 6.42 Å². The molecule has 1 heterocycles. The van der Waals surface area contributed by atoms with Gasteiger partial charge in [-0.25, -0.2) is 0 Å². The van der Waals surface area contributed by atoms with Crippen LogP contribution in [0.1, 0.15) is 71.8 Å². The van der Waals surface area contributed by atoms with Crippen molar-refractivity contribution in [1.82, 2.24) is 16.0 Å². The zero-order valence-corrected chi connectivity index (χ0v) is 24.0. The van der Waals surface area contributed by atoms with Crippen LogP contribution in [-0.2, 0) is 30.3 Å². The normalized spacial score (nSPS) is 21.1. The smallest absolute Gasteiger partial charge is 0.243 e. The third-order valence-corrected chi connectivity index (χ3v) is 7.46. The fraction of sp³-hybridized carbons (Fsp3) is 0.655. The van der Waals surface area contributed by atoms with Crippen molar-refractivity contribution in [3.8, 4) is 11.5 Å². The van der Waals surface area contributed by atoms with Crippen LogP contribution >= 0.6 is 0 Å². The van der Waals surface area contributed by atoms with Gasteiger partial charge in [0.25, 0.3) is 0 Å². The van der Waals surface area contributed by atoms with Crippen LogP contribution in [0.3, 0.4) is 0 Å². The average Bonchev–Trinajstić information content (AvgIpc) is 3.40. The molecule has 11 nitrogen and oxygen atoms in total. The number of Topliss-reactive ketones (excluding diaryl/α,β-unsaturated/α-hetero) is 1. The average molecular weight is 562 g/mol. The molecule has 1 aliphatic heterocycles. The van der Waals surface area contributed by atoms with Crippen LogP contribution in [0.15, 0.2) is 18.2 Å². The maximum Gasteiger partial charge on any atom is 0.243 e. The molecule has 1 aromatic carbocycles. The SMILES string of the molecule is COc1ccc(CC(NC(=O)C(C)NC(=O)CC(C)(C)O)C(=O)NC(CC2CCCC2)C(=O)C2(C)CO2)cc1O. The van der Waals surface area contributed by atoms with Crippen LogP contribution in [-0.4, -0.2) is 76.8 Å². The highest BCUT2D eigenvalue weighted by Crippen LogP contribution is 2.33. The highest BCUT2D eigenvalue weighted by atomic mass is 16.6. The third-order valence-electron chi connectivity index (χ3n) is 7.46. The van der Waals surface area contributed by atoms with Crippen LogP contribution in [0.4, 0.5) is 0 Å². The monoisotopic (exact) mass is 561 g/mol. The number of phenols is 1. The Balaban J connectivity index is 1.78. The number of nitrogens with one attached hydrogen (secondary N) is 3. The van der Waals surface area contributed by atoms with E-state index >= 15 is 0 Å². The lowest BCUT2D eigenvalue weighted by Crippen LogP contribution is -2.57. The van der Waals surface area contributed by atoms with E-state index in [0.29, 0.717) is 24.5 Å². The number of ketones is 1. The van der Waals surface area contributed by atoms with Crippen LogP contribution < -0.4 is 20.7 Å². The molecule has 2 aliphatic rings. The molecule has 3 amide bonds. The number of carbonyl (C=O) groups is 4. The highest BCUT2D eigenvalue weighted by Gasteiger charge is 2.50. The van der Waals surface area contributed by atoms with Gasteiger partial charge in [-0.2, -0.15) is 0 Å². The molecule has 1 saturated heterocycles. The van der Waals surface area contributed by atoms with Crippen LogP contribution in [0.25, 0.3) is 0 Å². The molecule has 1 aliphatic carbocycles. The molecule has 5 N–H and O–H groups in total. The molecule has 2 fully saturated rings. The number of hydrogen-bond donors (Lipinski definition) is 5. The van der Waals surface area contributed by atoms with E-state index in [-0.39, 0.29) is 30.1 Å². The maximum absolute atomic E-state index is 13.6. The van der Waals surface area contributed by atoms with Gasteiger partial charge in [0.2, 0.25) is 17.7 Å². The van der Waals surface area contributed by atoms with Gasteiger partial charge in [0.1, 0.15) is 17.7 Å². The topological polar surface area (TPSA) is 167 Å². The number of methoxy groups -OCH3 is 1. The van der Waals surface area contributed by atoms with E-state index in [4.69, 9.17) is 9.47 Å². The van der Waals surface area contributed by atoms with E-state index < -0.39 is 47.0 Å². The second-order valence-electron chi connectivity index (χ2n) is 11.9. The number of aliphatic hydroxyl groups is 1. The van der Waals surface area contributed by atoms with Crippen molar-refractivity contribution in [2.45, 2.75) is 102 Å². The maximum atomic E-state index is 13.6. The Labute approximate surface area is 235 Å². The zero-order chi connectivity index (χ0) is 29.7. The Hall–Kier alpha value is -3.18. The zero-order valence-electron chi connectivity index (χ0n) is 24.0. The number of epoxide rings is 1. The van der Waals surface area contributed by atoms with Crippen molar-refractivity contribution < 1.29 is 38.9 Å². The number of hydrogen-bond acceptors (Lipinski definition) is 8. The first-order chi connectivity index (χ1) is 18.7. The van der Waals surface area contributed by atoms with E-state index in [2.05, 4.69) is 16.0 Å². The molecule has 0 aromatic heterocycles. The van der Waals surface area contributed by atoms with Gasteiger partial charge in [0.15, 0.2) is 17.3 Å². The summed E-state index contributed by atoms with van der Waals surface area (Å²) in [6.07, 6.45) is 4.46. The second kappa shape index (κ2) is 13.0. The molecule has 11 heteroatoms. The predicted molar refractivity (Wildman–Crippen MR) is 147 cm³/mol. The molecule has 0 bridgehead atoms. The van der Waals surface area contributed by atoms with Gasteiger partial charge >= 0.3 is 0 Å². The number of amides is 3. The lowest BCUT2D eigenvalue weighted by Gasteiger charge is -2.27. The Morgan fingerprint density at radius 1 is 1.10 bits per heavy atom. The molecule has 1 aromatic rings. The van der Waals surface area contributed by atoms with Gasteiger partial charge in [-0.3, -0.25) is 19.2 Å². The third kappa shape index (κ3) is 8.92. The van der Waals surface area contributed by atoms with Gasteiger partial charge < -0.3 is 35.6 Å². The van der Waals surface area contributed by atoms with E-state index in [9.17, 15) is 29.4 Å². The molecule has 3 rings (SSSR count). The van der Waals surface area contributed by atoms with Crippen molar-refractivity contribution in [1.29, 1.82) is 0 Å². The standard InChI is InChI=1S/C29H43N3O8/c1-17(30-24(34)15-28(2,3)38)26(36)32-21(13-19-10-11-23(39-5)22(33)14-19)27(37)31-20(12-18-8-6-7-9-18)25(35)29(4)16-40-29/h10-11,14,17-18,20-21,33,38H,6-9,12-13,15-16H2,1-5H3,(H,30,34)(H,31,37)(H,32,36). The quantitative estimate of drug-likeness (QED) is 0.213. The Bertz CT molecular complexity index is 1090. The summed E-state index contributed by atoms with van der Waals surface area (Å²) in [5.74, 6) is -1.42. The lowest BCUT2D eigenvalue weighted by atomic mass is 9.90. The molecule has 4 unspecified atom stereocenters. The fourth-order valence-corrected chi connectivity index (χ4v) is 5.06. The molecular weight excluding hydrogens is 518 g/mol. The summed E-state index contributed by atoms with van der Waals surface area (Å²) in [5, 5.41) is 28.2. The predicted octanol–water partition coefficient (Wildman–Crippen LogP) is 1.52. The molecule has 1 saturated carbocycles. The number of aromatic hydroxyl groups is 1. The summed E-state index contributed by atoms with van der Waals surface area (Å²) < 4.78 is 10.5. The van der Waals surface area contributed by atoms with Gasteiger partial charge in [-0.05, 0) is 57.7 Å². The first-order valence-corrected chi connectivity index (χ1v) is 13.9. The van der Waals surface area contributed by atoms with Crippen molar-refractivity contribution in [3.05, 3.63) is 23.8 Å². The molecule has 4 atom stereocenters. The van der Waals surface area contributed by atoms with E-state index in [1.807, 2.05) is 0 Å².